The normalized spacial score (nSPS) is 13.4. The fourth-order valence-electron chi connectivity index (χ4n) is 9.67. The fraction of sp³-hybridized carbons (Fsp3) is 0.0175. The van der Waals surface area contributed by atoms with E-state index in [1.807, 2.05) is 11.3 Å². The van der Waals surface area contributed by atoms with Crippen molar-refractivity contribution in [3.8, 4) is 22.4 Å². The molecule has 10 aromatic rings. The summed E-state index contributed by atoms with van der Waals surface area (Å²) in [4.78, 5) is 4.82. The fourth-order valence-corrected chi connectivity index (χ4v) is 10.8. The molecule has 0 radical (unpaired) electrons. The van der Waals surface area contributed by atoms with Gasteiger partial charge in [0.05, 0.1) is 39.7 Å². The maximum atomic E-state index is 6.78. The maximum Gasteiger partial charge on any atom is 0.0641 e. The van der Waals surface area contributed by atoms with Crippen LogP contribution >= 0.6 is 11.3 Å². The first kappa shape index (κ1) is 36.0. The zero-order valence-corrected chi connectivity index (χ0v) is 34.9. The molecule has 0 spiro atoms. The smallest absolute Gasteiger partial charge is 0.0641 e. The number of benzene rings is 8. The van der Waals surface area contributed by atoms with E-state index in [-0.39, 0.29) is 0 Å². The maximum absolute atomic E-state index is 6.78. The van der Waals surface area contributed by atoms with E-state index < -0.39 is 0 Å². The van der Waals surface area contributed by atoms with Crippen LogP contribution in [-0.4, -0.2) is 4.57 Å². The van der Waals surface area contributed by atoms with Crippen molar-refractivity contribution in [2.75, 3.05) is 9.80 Å². The van der Waals surface area contributed by atoms with Crippen LogP contribution in [-0.2, 0) is 0 Å². The Morgan fingerprint density at radius 1 is 0.500 bits per heavy atom. The lowest BCUT2D eigenvalue weighted by Gasteiger charge is -2.28. The highest BCUT2D eigenvalue weighted by atomic mass is 32.1. The summed E-state index contributed by atoms with van der Waals surface area (Å²) in [5.41, 5.74) is 24.7. The molecule has 0 aliphatic carbocycles. The van der Waals surface area contributed by atoms with Crippen molar-refractivity contribution in [1.29, 1.82) is 0 Å². The van der Waals surface area contributed by atoms with Crippen LogP contribution < -0.4 is 15.5 Å². The molecular weight excluding hydrogens is 773 g/mol. The van der Waals surface area contributed by atoms with E-state index in [0.29, 0.717) is 0 Å². The van der Waals surface area contributed by atoms with Gasteiger partial charge in [-0.05, 0) is 102 Å². The Balaban J connectivity index is 1.03. The van der Waals surface area contributed by atoms with Crippen molar-refractivity contribution >= 4 is 100.0 Å². The van der Waals surface area contributed by atoms with Gasteiger partial charge in [0.1, 0.15) is 0 Å². The first-order chi connectivity index (χ1) is 30.6. The van der Waals surface area contributed by atoms with Crippen LogP contribution in [0.1, 0.15) is 23.6 Å². The van der Waals surface area contributed by atoms with E-state index in [9.17, 15) is 0 Å². The highest BCUT2D eigenvalue weighted by molar-refractivity contribution is 7.25. The average Bonchev–Trinajstić information content (AvgIpc) is 3.76. The Bertz CT molecular complexity index is 3510. The molecule has 0 bridgehead atoms. The lowest BCUT2D eigenvalue weighted by atomic mass is 9.98. The third kappa shape index (κ3) is 5.59. The molecule has 4 nitrogen and oxygen atoms in total. The van der Waals surface area contributed by atoms with Crippen LogP contribution in [0.5, 0.6) is 0 Å². The summed E-state index contributed by atoms with van der Waals surface area (Å²) in [6.07, 6.45) is 8.52. The van der Waals surface area contributed by atoms with Gasteiger partial charge in [-0.1, -0.05) is 133 Å². The molecule has 294 valence electrons. The van der Waals surface area contributed by atoms with E-state index in [1.54, 1.807) is 6.20 Å². The number of allylic oxidation sites excluding steroid dienone is 3. The molecule has 12 rings (SSSR count). The summed E-state index contributed by atoms with van der Waals surface area (Å²) in [5.74, 6) is 0. The largest absolute Gasteiger partial charge is 0.403 e. The number of nitrogens with two attached hydrogens (primary N) is 1. The van der Waals surface area contributed by atoms with Crippen LogP contribution in [0.15, 0.2) is 200 Å². The van der Waals surface area contributed by atoms with Gasteiger partial charge in [0.2, 0.25) is 0 Å². The van der Waals surface area contributed by atoms with E-state index in [0.717, 1.165) is 67.7 Å². The molecular formula is C57H40N4S. The van der Waals surface area contributed by atoms with E-state index in [2.05, 4.69) is 228 Å². The minimum absolute atomic E-state index is 0.896. The number of aromatic nitrogens is 1. The topological polar surface area (TPSA) is 37.4 Å². The van der Waals surface area contributed by atoms with Gasteiger partial charge in [-0.15, -0.1) is 11.3 Å². The Labute approximate surface area is 364 Å². The Morgan fingerprint density at radius 2 is 1.15 bits per heavy atom. The lowest BCUT2D eigenvalue weighted by Crippen LogP contribution is -2.12. The molecule has 0 saturated heterocycles. The number of fused-ring (bicyclic) bond motifs is 12. The Hall–Kier alpha value is -7.86. The number of thiophene rings is 1. The highest BCUT2D eigenvalue weighted by Gasteiger charge is 2.31. The zero-order chi connectivity index (χ0) is 41.3. The van der Waals surface area contributed by atoms with E-state index in [1.165, 1.54) is 47.8 Å². The van der Waals surface area contributed by atoms with Crippen molar-refractivity contribution in [1.82, 2.24) is 4.57 Å². The zero-order valence-electron chi connectivity index (χ0n) is 34.0. The van der Waals surface area contributed by atoms with Gasteiger partial charge in [-0.3, -0.25) is 0 Å². The molecule has 2 aliphatic heterocycles. The van der Waals surface area contributed by atoms with Crippen LogP contribution in [0.3, 0.4) is 0 Å². The van der Waals surface area contributed by atoms with Crippen molar-refractivity contribution in [2.24, 2.45) is 5.73 Å². The van der Waals surface area contributed by atoms with Gasteiger partial charge >= 0.3 is 0 Å². The van der Waals surface area contributed by atoms with Crippen molar-refractivity contribution in [3.63, 3.8) is 0 Å². The summed E-state index contributed by atoms with van der Waals surface area (Å²) in [6, 6.07) is 68.0. The second-order valence-corrected chi connectivity index (χ2v) is 17.1. The third-order valence-corrected chi connectivity index (χ3v) is 13.6. The van der Waals surface area contributed by atoms with Crippen LogP contribution in [0.25, 0.3) is 76.9 Å². The predicted octanol–water partition coefficient (Wildman–Crippen LogP) is 15.9. The van der Waals surface area contributed by atoms with Gasteiger partial charge in [0.15, 0.2) is 0 Å². The predicted molar refractivity (Wildman–Crippen MR) is 266 cm³/mol. The first-order valence-electron chi connectivity index (χ1n) is 21.1. The molecule has 62 heavy (non-hydrogen) atoms. The molecule has 0 atom stereocenters. The van der Waals surface area contributed by atoms with Crippen LogP contribution in [0.4, 0.5) is 34.1 Å². The van der Waals surface area contributed by atoms with E-state index >= 15 is 0 Å². The molecule has 2 N–H and O–H groups in total. The summed E-state index contributed by atoms with van der Waals surface area (Å²) in [7, 11) is 0. The van der Waals surface area contributed by atoms with Crippen molar-refractivity contribution in [2.45, 2.75) is 6.92 Å². The van der Waals surface area contributed by atoms with Gasteiger partial charge in [-0.2, -0.15) is 0 Å². The molecule has 0 saturated carbocycles. The molecule has 0 amide bonds. The van der Waals surface area contributed by atoms with Gasteiger partial charge in [0.25, 0.3) is 0 Å². The quantitative estimate of drug-likeness (QED) is 0.176. The standard InChI is InChI=1S/C57H40N4S/c1-37(39-17-15-20-42(33-39)60-49-25-10-5-16-38(49)30-31-40-34-55-48(35-53(40)60)44-21-9-14-29-54(44)62-55)32-43(36-58)61-51-27-12-7-23-46(51)56-45-22-6-11-26-50(45)59(41-18-3-2-4-19-41)52-28-13-8-24-47(52)57(56)61/h2-36H,58H2,1H3/b37-32+,43-36+. The molecule has 0 fully saturated rings. The second kappa shape index (κ2) is 14.4. The van der Waals surface area contributed by atoms with Gasteiger partial charge < -0.3 is 20.1 Å². The summed E-state index contributed by atoms with van der Waals surface area (Å²) in [5, 5.41) is 3.74. The van der Waals surface area contributed by atoms with Gasteiger partial charge in [-0.25, -0.2) is 0 Å². The monoisotopic (exact) mass is 812 g/mol. The summed E-state index contributed by atoms with van der Waals surface area (Å²) >= 11 is 1.86. The third-order valence-electron chi connectivity index (χ3n) is 12.4. The van der Waals surface area contributed by atoms with Crippen molar-refractivity contribution in [3.05, 3.63) is 217 Å². The first-order valence-corrected chi connectivity index (χ1v) is 21.9. The number of anilines is 6. The number of rotatable bonds is 5. The number of para-hydroxylation sites is 5. The Kier molecular flexibility index (Phi) is 8.37. The SMILES string of the molecule is C/C(=C\C(=C/N)n1c2c(c3ccccc31)-c1ccccc1N(c1ccccc1)c1ccccc1-2)c1cccc(N2c3ccccc3C=Cc3cc4sc5ccccc5c4cc32)c1. The molecule has 4 heterocycles. The number of hydrogen-bond acceptors (Lipinski definition) is 4. The van der Waals surface area contributed by atoms with E-state index in [4.69, 9.17) is 5.73 Å². The molecule has 2 aliphatic rings. The Morgan fingerprint density at radius 3 is 1.98 bits per heavy atom. The molecule has 2 aromatic heterocycles. The van der Waals surface area contributed by atoms with Gasteiger partial charge in [0, 0.05) is 59.8 Å². The highest BCUT2D eigenvalue weighted by Crippen LogP contribution is 2.54. The van der Waals surface area contributed by atoms with Crippen LogP contribution in [0, 0.1) is 0 Å². The summed E-state index contributed by atoms with van der Waals surface area (Å²) in [6.45, 7) is 2.19. The van der Waals surface area contributed by atoms with Crippen molar-refractivity contribution < 1.29 is 0 Å². The number of hydrogen-bond donors (Lipinski definition) is 1. The minimum atomic E-state index is 0.896. The molecule has 5 heteroatoms. The second-order valence-electron chi connectivity index (χ2n) is 16.0. The molecule has 0 unspecified atom stereocenters. The minimum Gasteiger partial charge on any atom is -0.403 e. The number of nitrogens with zero attached hydrogens (tertiary/aromatic N) is 3. The average molecular weight is 813 g/mol. The van der Waals surface area contributed by atoms with Crippen LogP contribution in [0.2, 0.25) is 0 Å². The lowest BCUT2D eigenvalue weighted by molar-refractivity contribution is 1.17. The summed E-state index contributed by atoms with van der Waals surface area (Å²) < 4.78 is 4.97. The molecule has 8 aromatic carbocycles.